The van der Waals surface area contributed by atoms with Crippen molar-refractivity contribution in [3.63, 3.8) is 0 Å². The van der Waals surface area contributed by atoms with Gasteiger partial charge in [-0.2, -0.15) is 0 Å². The van der Waals surface area contributed by atoms with Crippen molar-refractivity contribution in [3.8, 4) is 5.75 Å². The predicted molar refractivity (Wildman–Crippen MR) is 115 cm³/mol. The molecule has 1 amide bonds. The van der Waals surface area contributed by atoms with E-state index >= 15 is 0 Å². The van der Waals surface area contributed by atoms with Gasteiger partial charge in [0.05, 0.1) is 31.3 Å². The molecule has 0 bridgehead atoms. The molecule has 1 N–H and O–H groups in total. The smallest absolute Gasteiger partial charge is 0.227 e. The number of ether oxygens (including phenoxy) is 1. The van der Waals surface area contributed by atoms with Gasteiger partial charge < -0.3 is 10.1 Å². The Morgan fingerprint density at radius 2 is 1.90 bits per heavy atom. The second kappa shape index (κ2) is 9.57. The van der Waals surface area contributed by atoms with Crippen LogP contribution in [0, 0.1) is 5.92 Å². The van der Waals surface area contributed by atoms with E-state index in [0.29, 0.717) is 12.5 Å². The fourth-order valence-corrected chi connectivity index (χ4v) is 3.61. The summed E-state index contributed by atoms with van der Waals surface area (Å²) in [5.41, 5.74) is 2.00. The molecule has 1 aromatic heterocycles. The van der Waals surface area contributed by atoms with E-state index in [1.54, 1.807) is 17.1 Å². The maximum Gasteiger partial charge on any atom is 0.227 e. The van der Waals surface area contributed by atoms with Gasteiger partial charge in [-0.1, -0.05) is 54.1 Å². The summed E-state index contributed by atoms with van der Waals surface area (Å²) in [5, 5.41) is 11.1. The maximum absolute atomic E-state index is 13.0. The van der Waals surface area contributed by atoms with Gasteiger partial charge in [0.1, 0.15) is 5.75 Å². The van der Waals surface area contributed by atoms with Gasteiger partial charge in [-0.15, -0.1) is 5.10 Å². The first-order chi connectivity index (χ1) is 14.7. The Bertz CT molecular complexity index is 922. The summed E-state index contributed by atoms with van der Waals surface area (Å²) in [7, 11) is 0. The number of hydrogen-bond donors (Lipinski definition) is 1. The zero-order chi connectivity index (χ0) is 20.8. The Kier molecular flexibility index (Phi) is 6.42. The van der Waals surface area contributed by atoms with Crippen LogP contribution in [-0.4, -0.2) is 27.5 Å². The van der Waals surface area contributed by atoms with E-state index in [0.717, 1.165) is 23.5 Å². The molecular formula is C24H28N4O2. The first-order valence-corrected chi connectivity index (χ1v) is 10.6. The third kappa shape index (κ3) is 5.06. The molecule has 1 aliphatic rings. The summed E-state index contributed by atoms with van der Waals surface area (Å²) in [4.78, 5) is 13.0. The highest BCUT2D eigenvalue weighted by Crippen LogP contribution is 2.28. The van der Waals surface area contributed by atoms with E-state index < -0.39 is 0 Å². The number of carbonyl (C=O) groups excluding carboxylic acids is 1. The van der Waals surface area contributed by atoms with E-state index in [2.05, 4.69) is 15.6 Å². The van der Waals surface area contributed by atoms with Crippen LogP contribution in [0.4, 0.5) is 0 Å². The lowest BCUT2D eigenvalue weighted by Gasteiger charge is -2.25. The number of nitrogens with zero attached hydrogens (tertiary/aromatic N) is 3. The summed E-state index contributed by atoms with van der Waals surface area (Å²) >= 11 is 0. The Hall–Kier alpha value is -3.15. The molecule has 30 heavy (non-hydrogen) atoms. The van der Waals surface area contributed by atoms with E-state index in [1.807, 2.05) is 61.5 Å². The number of benzene rings is 2. The predicted octanol–water partition coefficient (Wildman–Crippen LogP) is 4.12. The molecule has 2 aromatic carbocycles. The molecule has 2 atom stereocenters. The van der Waals surface area contributed by atoms with Gasteiger partial charge in [-0.3, -0.25) is 9.48 Å². The number of hydrogen-bond acceptors (Lipinski definition) is 4. The molecule has 1 heterocycles. The summed E-state index contributed by atoms with van der Waals surface area (Å²) in [6.07, 6.45) is 7.30. The number of nitrogens with one attached hydrogen (secondary N) is 1. The van der Waals surface area contributed by atoms with Crippen molar-refractivity contribution in [2.45, 2.75) is 44.7 Å². The third-order valence-corrected chi connectivity index (χ3v) is 5.84. The largest absolute Gasteiger partial charge is 0.493 e. The second-order valence-corrected chi connectivity index (χ2v) is 8.00. The highest BCUT2D eigenvalue weighted by atomic mass is 16.5. The van der Waals surface area contributed by atoms with Crippen molar-refractivity contribution in [2.24, 2.45) is 5.92 Å². The van der Waals surface area contributed by atoms with Crippen molar-refractivity contribution in [1.29, 1.82) is 0 Å². The lowest BCUT2D eigenvalue weighted by molar-refractivity contribution is -0.123. The Labute approximate surface area is 177 Å². The molecule has 0 unspecified atom stereocenters. The number of carbonyl (C=O) groups is 1. The van der Waals surface area contributed by atoms with Gasteiger partial charge >= 0.3 is 0 Å². The van der Waals surface area contributed by atoms with Crippen molar-refractivity contribution >= 4 is 5.91 Å². The first-order valence-electron chi connectivity index (χ1n) is 10.6. The minimum absolute atomic E-state index is 0.0170. The van der Waals surface area contributed by atoms with Crippen LogP contribution in [0.5, 0.6) is 5.75 Å². The van der Waals surface area contributed by atoms with Gasteiger partial charge in [0, 0.05) is 6.20 Å². The van der Waals surface area contributed by atoms with E-state index in [4.69, 9.17) is 4.74 Å². The van der Waals surface area contributed by atoms with Crippen LogP contribution in [0.25, 0.3) is 0 Å². The molecule has 3 aromatic rings. The van der Waals surface area contributed by atoms with Crippen LogP contribution in [0.3, 0.4) is 0 Å². The fraction of sp³-hybridized carbons (Fsp3) is 0.375. The van der Waals surface area contributed by atoms with Crippen LogP contribution in [0.1, 0.15) is 49.3 Å². The average Bonchev–Trinajstić information content (AvgIpc) is 3.26. The average molecular weight is 405 g/mol. The van der Waals surface area contributed by atoms with Gasteiger partial charge in [0.15, 0.2) is 0 Å². The molecule has 156 valence electrons. The van der Waals surface area contributed by atoms with Crippen molar-refractivity contribution in [2.75, 3.05) is 6.61 Å². The second-order valence-electron chi connectivity index (χ2n) is 8.00. The molecular weight excluding hydrogens is 376 g/mol. The molecule has 0 radical (unpaired) electrons. The van der Waals surface area contributed by atoms with Crippen LogP contribution >= 0.6 is 0 Å². The molecule has 1 fully saturated rings. The highest BCUT2D eigenvalue weighted by molar-refractivity contribution is 5.83. The number of aromatic nitrogens is 3. The van der Waals surface area contributed by atoms with Crippen molar-refractivity contribution < 1.29 is 9.53 Å². The normalized spacial score (nSPS) is 15.8. The topological polar surface area (TPSA) is 69.0 Å². The molecule has 1 aliphatic carbocycles. The first kappa shape index (κ1) is 20.1. The molecule has 1 saturated carbocycles. The van der Waals surface area contributed by atoms with Crippen molar-refractivity contribution in [1.82, 2.24) is 20.3 Å². The fourth-order valence-electron chi connectivity index (χ4n) is 3.61. The highest BCUT2D eigenvalue weighted by Gasteiger charge is 2.21. The Morgan fingerprint density at radius 3 is 2.53 bits per heavy atom. The SMILES string of the molecule is C[C@H](C(=O)N[C@@H](Cn1ccnn1)c1ccc(OCC2CCC2)cc1)c1ccccc1. The maximum atomic E-state index is 13.0. The number of rotatable bonds is 9. The molecule has 4 rings (SSSR count). The number of amides is 1. The van der Waals surface area contributed by atoms with Gasteiger partial charge in [0.2, 0.25) is 5.91 Å². The van der Waals surface area contributed by atoms with Crippen molar-refractivity contribution in [3.05, 3.63) is 78.1 Å². The molecule has 6 heteroatoms. The zero-order valence-electron chi connectivity index (χ0n) is 17.3. The summed E-state index contributed by atoms with van der Waals surface area (Å²) < 4.78 is 7.65. The standard InChI is InChI=1S/C24H28N4O2/c1-18(20-8-3-2-4-9-20)24(29)26-23(16-28-15-14-25-27-28)21-10-12-22(13-11-21)30-17-19-6-5-7-19/h2-4,8-15,18-19,23H,5-7,16-17H2,1H3,(H,26,29)/t18-,23-/m0/s1. The van der Waals surface area contributed by atoms with Crippen LogP contribution in [-0.2, 0) is 11.3 Å². The van der Waals surface area contributed by atoms with Crippen LogP contribution < -0.4 is 10.1 Å². The monoisotopic (exact) mass is 404 g/mol. The minimum Gasteiger partial charge on any atom is -0.493 e. The Balaban J connectivity index is 1.45. The Morgan fingerprint density at radius 1 is 1.13 bits per heavy atom. The quantitative estimate of drug-likeness (QED) is 0.582. The summed E-state index contributed by atoms with van der Waals surface area (Å²) in [6.45, 7) is 3.22. The van der Waals surface area contributed by atoms with Crippen LogP contribution in [0.15, 0.2) is 67.0 Å². The summed E-state index contributed by atoms with van der Waals surface area (Å²) in [5.74, 6) is 1.31. The molecule has 6 nitrogen and oxygen atoms in total. The molecule has 0 aliphatic heterocycles. The van der Waals surface area contributed by atoms with Gasteiger partial charge in [0.25, 0.3) is 0 Å². The molecule has 0 spiro atoms. The third-order valence-electron chi connectivity index (χ3n) is 5.84. The summed E-state index contributed by atoms with van der Waals surface area (Å²) in [6, 6.07) is 17.6. The van der Waals surface area contributed by atoms with E-state index in [-0.39, 0.29) is 17.9 Å². The lowest BCUT2D eigenvalue weighted by atomic mass is 9.86. The lowest BCUT2D eigenvalue weighted by Crippen LogP contribution is -2.34. The van der Waals surface area contributed by atoms with Crippen LogP contribution in [0.2, 0.25) is 0 Å². The minimum atomic E-state index is -0.241. The van der Waals surface area contributed by atoms with E-state index in [9.17, 15) is 4.79 Å². The van der Waals surface area contributed by atoms with Gasteiger partial charge in [-0.05, 0) is 48.9 Å². The van der Waals surface area contributed by atoms with E-state index in [1.165, 1.54) is 19.3 Å². The van der Waals surface area contributed by atoms with Gasteiger partial charge in [-0.25, -0.2) is 0 Å². The molecule has 0 saturated heterocycles. The zero-order valence-corrected chi connectivity index (χ0v) is 17.3.